The summed E-state index contributed by atoms with van der Waals surface area (Å²) in [5, 5.41) is 6.01. The number of aromatic nitrogens is 3. The van der Waals surface area contributed by atoms with Crippen molar-refractivity contribution in [1.29, 1.82) is 0 Å². The first-order chi connectivity index (χ1) is 13.1. The lowest BCUT2D eigenvalue weighted by Gasteiger charge is -2.08. The summed E-state index contributed by atoms with van der Waals surface area (Å²) in [4.78, 5) is 24.3. The Balaban J connectivity index is 1.47. The van der Waals surface area contributed by atoms with E-state index in [1.54, 1.807) is 12.1 Å². The number of amides is 1. The van der Waals surface area contributed by atoms with E-state index in [0.29, 0.717) is 42.5 Å². The number of nitrogens with zero attached hydrogens (tertiary/aromatic N) is 3. The molecule has 0 spiro atoms. The molecule has 1 heterocycles. The minimum Gasteiger partial charge on any atom is -0.397 e. The third-order valence-corrected chi connectivity index (χ3v) is 4.04. The molecule has 1 aromatic heterocycles. The minimum absolute atomic E-state index is 0.0520. The van der Waals surface area contributed by atoms with Gasteiger partial charge < -0.3 is 16.4 Å². The van der Waals surface area contributed by atoms with E-state index in [9.17, 15) is 4.79 Å². The molecule has 138 valence electrons. The molecule has 7 nitrogen and oxygen atoms in total. The predicted molar refractivity (Wildman–Crippen MR) is 106 cm³/mol. The van der Waals surface area contributed by atoms with Gasteiger partial charge in [-0.2, -0.15) is 4.98 Å². The Hall–Kier alpha value is -3.48. The summed E-state index contributed by atoms with van der Waals surface area (Å²) in [7, 11) is 0. The molecule has 0 atom stereocenters. The SMILES string of the molecule is Cc1ncnc(NCc2ccc(CCC(=O)Nc3ccccc3N)cc2)n1. The molecule has 0 bridgehead atoms. The number of nitrogens with one attached hydrogen (secondary N) is 2. The van der Waals surface area contributed by atoms with Crippen LogP contribution < -0.4 is 16.4 Å². The lowest BCUT2D eigenvalue weighted by Crippen LogP contribution is -2.13. The van der Waals surface area contributed by atoms with Gasteiger partial charge in [0.15, 0.2) is 0 Å². The quantitative estimate of drug-likeness (QED) is 0.558. The van der Waals surface area contributed by atoms with Gasteiger partial charge in [0.1, 0.15) is 12.2 Å². The number of carbonyl (C=O) groups is 1. The predicted octanol–water partition coefficient (Wildman–Crippen LogP) is 2.95. The van der Waals surface area contributed by atoms with Crippen LogP contribution in [0.3, 0.4) is 0 Å². The number of carbonyl (C=O) groups excluding carboxylic acids is 1. The van der Waals surface area contributed by atoms with Crippen LogP contribution in [-0.4, -0.2) is 20.9 Å². The molecule has 3 rings (SSSR count). The molecule has 1 amide bonds. The van der Waals surface area contributed by atoms with Gasteiger partial charge in [-0.25, -0.2) is 9.97 Å². The highest BCUT2D eigenvalue weighted by atomic mass is 16.1. The van der Waals surface area contributed by atoms with Crippen LogP contribution in [0.4, 0.5) is 17.3 Å². The largest absolute Gasteiger partial charge is 0.397 e. The molecular formula is C20H22N6O. The van der Waals surface area contributed by atoms with Crippen molar-refractivity contribution in [3.05, 3.63) is 71.8 Å². The van der Waals surface area contributed by atoms with Gasteiger partial charge in [-0.1, -0.05) is 36.4 Å². The highest BCUT2D eigenvalue weighted by Crippen LogP contribution is 2.17. The van der Waals surface area contributed by atoms with Gasteiger partial charge in [-0.05, 0) is 36.6 Å². The molecule has 0 aliphatic rings. The Bertz CT molecular complexity index is 910. The summed E-state index contributed by atoms with van der Waals surface area (Å²) in [6.45, 7) is 2.45. The van der Waals surface area contributed by atoms with Gasteiger partial charge in [-0.15, -0.1) is 0 Å². The first kappa shape index (κ1) is 18.3. The van der Waals surface area contributed by atoms with Crippen molar-refractivity contribution in [2.75, 3.05) is 16.4 Å². The minimum atomic E-state index is -0.0520. The van der Waals surface area contributed by atoms with E-state index in [1.165, 1.54) is 6.33 Å². The van der Waals surface area contributed by atoms with Crippen LogP contribution in [0.5, 0.6) is 0 Å². The van der Waals surface area contributed by atoms with Crippen LogP contribution in [0.15, 0.2) is 54.9 Å². The van der Waals surface area contributed by atoms with Crippen LogP contribution in [0, 0.1) is 6.92 Å². The number of para-hydroxylation sites is 2. The first-order valence-corrected chi connectivity index (χ1v) is 8.72. The molecule has 0 radical (unpaired) electrons. The maximum atomic E-state index is 12.1. The molecule has 7 heteroatoms. The number of nitrogen functional groups attached to an aromatic ring is 1. The monoisotopic (exact) mass is 362 g/mol. The summed E-state index contributed by atoms with van der Waals surface area (Å²) in [6, 6.07) is 15.4. The van der Waals surface area contributed by atoms with Crippen molar-refractivity contribution in [1.82, 2.24) is 15.0 Å². The van der Waals surface area contributed by atoms with Gasteiger partial charge in [0, 0.05) is 13.0 Å². The van der Waals surface area contributed by atoms with Gasteiger partial charge in [-0.3, -0.25) is 4.79 Å². The van der Waals surface area contributed by atoms with Crippen molar-refractivity contribution in [3.63, 3.8) is 0 Å². The lowest BCUT2D eigenvalue weighted by atomic mass is 10.1. The average molecular weight is 362 g/mol. The van der Waals surface area contributed by atoms with E-state index < -0.39 is 0 Å². The lowest BCUT2D eigenvalue weighted by molar-refractivity contribution is -0.116. The standard InChI is InChI=1S/C20H22N6O/c1-14-23-13-24-20(25-14)22-12-16-8-6-15(7-9-16)10-11-19(27)26-18-5-3-2-4-17(18)21/h2-9,13H,10-12,21H2,1H3,(H,26,27)(H,22,23,24,25). The number of aryl methyl sites for hydroxylation is 2. The van der Waals surface area contributed by atoms with Gasteiger partial charge in [0.25, 0.3) is 0 Å². The number of anilines is 3. The Morgan fingerprint density at radius 1 is 1.04 bits per heavy atom. The molecule has 4 N–H and O–H groups in total. The first-order valence-electron chi connectivity index (χ1n) is 8.72. The van der Waals surface area contributed by atoms with Gasteiger partial charge in [0.2, 0.25) is 11.9 Å². The Morgan fingerprint density at radius 2 is 1.78 bits per heavy atom. The van der Waals surface area contributed by atoms with Gasteiger partial charge in [0.05, 0.1) is 11.4 Å². The molecule has 27 heavy (non-hydrogen) atoms. The fraction of sp³-hybridized carbons (Fsp3) is 0.200. The zero-order valence-electron chi connectivity index (χ0n) is 15.1. The third kappa shape index (κ3) is 5.50. The molecule has 2 aromatic carbocycles. The second-order valence-corrected chi connectivity index (χ2v) is 6.16. The summed E-state index contributed by atoms with van der Waals surface area (Å²) >= 11 is 0. The molecule has 3 aromatic rings. The number of nitrogens with two attached hydrogens (primary N) is 1. The molecule has 0 unspecified atom stereocenters. The second-order valence-electron chi connectivity index (χ2n) is 6.16. The summed E-state index contributed by atoms with van der Waals surface area (Å²) < 4.78 is 0. The molecule has 0 fully saturated rings. The van der Waals surface area contributed by atoms with Crippen molar-refractivity contribution < 1.29 is 4.79 Å². The van der Waals surface area contributed by atoms with Crippen LogP contribution in [0.25, 0.3) is 0 Å². The van der Waals surface area contributed by atoms with E-state index in [2.05, 4.69) is 25.6 Å². The number of benzene rings is 2. The Morgan fingerprint density at radius 3 is 2.52 bits per heavy atom. The summed E-state index contributed by atoms with van der Waals surface area (Å²) in [5.74, 6) is 1.19. The van der Waals surface area contributed by atoms with Crippen molar-refractivity contribution in [3.8, 4) is 0 Å². The van der Waals surface area contributed by atoms with E-state index in [1.807, 2.05) is 43.3 Å². The zero-order chi connectivity index (χ0) is 19.1. The maximum absolute atomic E-state index is 12.1. The summed E-state index contributed by atoms with van der Waals surface area (Å²) in [6.07, 6.45) is 2.55. The number of hydrogen-bond donors (Lipinski definition) is 3. The van der Waals surface area contributed by atoms with Crippen molar-refractivity contribution in [2.24, 2.45) is 0 Å². The number of rotatable bonds is 7. The molecule has 0 saturated carbocycles. The molecule has 0 aliphatic carbocycles. The molecule has 0 aliphatic heterocycles. The van der Waals surface area contributed by atoms with E-state index in [0.717, 1.165) is 11.1 Å². The fourth-order valence-corrected chi connectivity index (χ4v) is 2.55. The highest BCUT2D eigenvalue weighted by molar-refractivity contribution is 5.93. The molecule has 0 saturated heterocycles. The topological polar surface area (TPSA) is 106 Å². The van der Waals surface area contributed by atoms with Crippen molar-refractivity contribution in [2.45, 2.75) is 26.3 Å². The maximum Gasteiger partial charge on any atom is 0.226 e. The average Bonchev–Trinajstić information content (AvgIpc) is 2.67. The van der Waals surface area contributed by atoms with E-state index >= 15 is 0 Å². The summed E-state index contributed by atoms with van der Waals surface area (Å²) in [5.41, 5.74) is 9.27. The fourth-order valence-electron chi connectivity index (χ4n) is 2.55. The van der Waals surface area contributed by atoms with Crippen LogP contribution in [0.1, 0.15) is 23.4 Å². The third-order valence-electron chi connectivity index (χ3n) is 4.04. The number of hydrogen-bond acceptors (Lipinski definition) is 6. The smallest absolute Gasteiger partial charge is 0.226 e. The Labute approximate surface area is 158 Å². The van der Waals surface area contributed by atoms with Gasteiger partial charge >= 0.3 is 0 Å². The normalized spacial score (nSPS) is 10.4. The van der Waals surface area contributed by atoms with Crippen LogP contribution in [0.2, 0.25) is 0 Å². The Kier molecular flexibility index (Phi) is 5.94. The molecular weight excluding hydrogens is 340 g/mol. The zero-order valence-corrected chi connectivity index (χ0v) is 15.1. The second kappa shape index (κ2) is 8.75. The van der Waals surface area contributed by atoms with E-state index in [-0.39, 0.29) is 5.91 Å². The van der Waals surface area contributed by atoms with E-state index in [4.69, 9.17) is 5.73 Å². The van der Waals surface area contributed by atoms with Crippen LogP contribution >= 0.6 is 0 Å². The van der Waals surface area contributed by atoms with Crippen LogP contribution in [-0.2, 0) is 17.8 Å². The van der Waals surface area contributed by atoms with Crippen molar-refractivity contribution >= 4 is 23.2 Å². The highest BCUT2D eigenvalue weighted by Gasteiger charge is 2.05.